The lowest BCUT2D eigenvalue weighted by Gasteiger charge is -2.48. The quantitative estimate of drug-likeness (QED) is 0.643. The molecule has 2 saturated carbocycles. The van der Waals surface area contributed by atoms with E-state index in [-0.39, 0.29) is 10.8 Å². The predicted molar refractivity (Wildman–Crippen MR) is 101 cm³/mol. The van der Waals surface area contributed by atoms with Crippen LogP contribution in [0.5, 0.6) is 5.75 Å². The van der Waals surface area contributed by atoms with Gasteiger partial charge in [-0.2, -0.15) is 0 Å². The van der Waals surface area contributed by atoms with Gasteiger partial charge in [0, 0.05) is 5.41 Å². The van der Waals surface area contributed by atoms with Crippen LogP contribution in [0, 0.1) is 22.7 Å². The zero-order valence-corrected chi connectivity index (χ0v) is 15.9. The summed E-state index contributed by atoms with van der Waals surface area (Å²) >= 11 is 0. The van der Waals surface area contributed by atoms with Crippen LogP contribution in [-0.2, 0) is 11.2 Å². The average Bonchev–Trinajstić information content (AvgIpc) is 2.77. The summed E-state index contributed by atoms with van der Waals surface area (Å²) in [6.07, 6.45) is 7.47. The number of phenols is 1. The molecule has 4 atom stereocenters. The van der Waals surface area contributed by atoms with Crippen molar-refractivity contribution in [2.45, 2.75) is 65.7 Å². The lowest BCUT2D eigenvalue weighted by atomic mass is 9.55. The van der Waals surface area contributed by atoms with Crippen molar-refractivity contribution in [2.75, 3.05) is 0 Å². The van der Waals surface area contributed by atoms with E-state index in [0.29, 0.717) is 29.3 Å². The van der Waals surface area contributed by atoms with Gasteiger partial charge in [-0.25, -0.2) is 0 Å². The van der Waals surface area contributed by atoms with Crippen molar-refractivity contribution >= 4 is 5.78 Å². The van der Waals surface area contributed by atoms with Gasteiger partial charge in [0.25, 0.3) is 0 Å². The lowest BCUT2D eigenvalue weighted by Crippen LogP contribution is -2.42. The van der Waals surface area contributed by atoms with E-state index in [0.717, 1.165) is 37.7 Å². The zero-order chi connectivity index (χ0) is 18.0. The summed E-state index contributed by atoms with van der Waals surface area (Å²) in [5.41, 5.74) is 3.73. The molecular weight excluding hydrogens is 308 g/mol. The van der Waals surface area contributed by atoms with Gasteiger partial charge in [-0.05, 0) is 84.1 Å². The number of carbonyl (C=O) groups excluding carboxylic acids is 1. The maximum Gasteiger partial charge on any atom is 0.164 e. The van der Waals surface area contributed by atoms with Crippen molar-refractivity contribution in [1.29, 1.82) is 0 Å². The van der Waals surface area contributed by atoms with E-state index in [9.17, 15) is 9.90 Å². The standard InChI is InChI=1S/C23H30O2/c1-22(2,3)13-15-12-20-19-7-5-14-11-16(24)6-8-17(14)18(19)9-10-23(20,4)21(15)25/h6,8,11,13,18-20,24H,5,7,9-10,12H2,1-4H3/t18?,19?,20?,23-/m0/s1. The normalized spacial score (nSPS) is 36.1. The van der Waals surface area contributed by atoms with Gasteiger partial charge in [0.05, 0.1) is 0 Å². The monoisotopic (exact) mass is 338 g/mol. The van der Waals surface area contributed by atoms with Crippen LogP contribution in [0.1, 0.15) is 70.4 Å². The summed E-state index contributed by atoms with van der Waals surface area (Å²) < 4.78 is 0. The molecule has 0 amide bonds. The van der Waals surface area contributed by atoms with Gasteiger partial charge in [-0.3, -0.25) is 4.79 Å². The molecule has 0 radical (unpaired) electrons. The van der Waals surface area contributed by atoms with Gasteiger partial charge in [0.15, 0.2) is 5.78 Å². The lowest BCUT2D eigenvalue weighted by molar-refractivity contribution is -0.127. The SMILES string of the molecule is CC(C)(C)C=C1CC2C3CCc4cc(O)ccc4C3CC[C@]2(C)C1=O. The molecule has 2 nitrogen and oxygen atoms in total. The van der Waals surface area contributed by atoms with Crippen molar-refractivity contribution in [2.24, 2.45) is 22.7 Å². The smallest absolute Gasteiger partial charge is 0.164 e. The Labute approximate surface area is 151 Å². The van der Waals surface area contributed by atoms with Crippen molar-refractivity contribution in [3.63, 3.8) is 0 Å². The Hall–Kier alpha value is -1.57. The van der Waals surface area contributed by atoms with Gasteiger partial charge < -0.3 is 5.11 Å². The van der Waals surface area contributed by atoms with Gasteiger partial charge in [0.2, 0.25) is 0 Å². The Morgan fingerprint density at radius 3 is 2.72 bits per heavy atom. The summed E-state index contributed by atoms with van der Waals surface area (Å²) in [4.78, 5) is 13.2. The second-order valence-electron chi connectivity index (χ2n) is 9.82. The third kappa shape index (κ3) is 2.65. The van der Waals surface area contributed by atoms with Crippen LogP contribution in [0.25, 0.3) is 0 Å². The van der Waals surface area contributed by atoms with E-state index in [1.807, 2.05) is 12.1 Å². The second-order valence-corrected chi connectivity index (χ2v) is 9.82. The maximum atomic E-state index is 13.2. The number of Topliss-reactive ketones (excluding diaryl/α,β-unsaturated/α-hetero) is 1. The van der Waals surface area contributed by atoms with Gasteiger partial charge in [-0.15, -0.1) is 0 Å². The fraction of sp³-hybridized carbons (Fsp3) is 0.609. The molecule has 1 N–H and O–H groups in total. The number of rotatable bonds is 0. The van der Waals surface area contributed by atoms with Crippen LogP contribution in [-0.4, -0.2) is 10.9 Å². The van der Waals surface area contributed by atoms with Crippen LogP contribution in [0.3, 0.4) is 0 Å². The average molecular weight is 338 g/mol. The largest absolute Gasteiger partial charge is 0.508 e. The van der Waals surface area contributed by atoms with E-state index >= 15 is 0 Å². The van der Waals surface area contributed by atoms with E-state index in [4.69, 9.17) is 0 Å². The number of phenolic OH excluding ortho intramolecular Hbond substituents is 1. The molecule has 0 aliphatic heterocycles. The van der Waals surface area contributed by atoms with Gasteiger partial charge in [-0.1, -0.05) is 39.8 Å². The fourth-order valence-corrected chi connectivity index (χ4v) is 5.89. The van der Waals surface area contributed by atoms with E-state index in [1.165, 1.54) is 11.1 Å². The van der Waals surface area contributed by atoms with Crippen LogP contribution in [0.4, 0.5) is 0 Å². The minimum atomic E-state index is -0.160. The maximum absolute atomic E-state index is 13.2. The highest BCUT2D eigenvalue weighted by Gasteiger charge is 2.56. The molecule has 2 fully saturated rings. The first kappa shape index (κ1) is 16.9. The predicted octanol–water partition coefficient (Wildman–Crippen LogP) is 5.40. The zero-order valence-electron chi connectivity index (χ0n) is 15.9. The highest BCUT2D eigenvalue weighted by Crippen LogP contribution is 2.61. The third-order valence-corrected chi connectivity index (χ3v) is 6.96. The van der Waals surface area contributed by atoms with Crippen LogP contribution in [0.2, 0.25) is 0 Å². The van der Waals surface area contributed by atoms with E-state index in [1.54, 1.807) is 0 Å². The fourth-order valence-electron chi connectivity index (χ4n) is 5.89. The number of benzene rings is 1. The summed E-state index contributed by atoms with van der Waals surface area (Å²) in [5.74, 6) is 2.44. The minimum absolute atomic E-state index is 0.0605. The molecule has 2 heteroatoms. The summed E-state index contributed by atoms with van der Waals surface area (Å²) in [6, 6.07) is 5.91. The van der Waals surface area contributed by atoms with E-state index in [2.05, 4.69) is 39.8 Å². The number of hydrogen-bond acceptors (Lipinski definition) is 2. The Morgan fingerprint density at radius 2 is 2.00 bits per heavy atom. The molecule has 4 rings (SSSR count). The van der Waals surface area contributed by atoms with Gasteiger partial charge in [0.1, 0.15) is 5.75 Å². The number of hydrogen-bond donors (Lipinski definition) is 1. The number of carbonyl (C=O) groups is 1. The summed E-state index contributed by atoms with van der Waals surface area (Å²) in [6.45, 7) is 8.78. The molecule has 0 bridgehead atoms. The van der Waals surface area contributed by atoms with Crippen molar-refractivity contribution in [1.82, 2.24) is 0 Å². The molecule has 3 unspecified atom stereocenters. The first-order chi connectivity index (χ1) is 11.7. The second kappa shape index (κ2) is 5.46. The molecule has 3 aliphatic carbocycles. The number of allylic oxidation sites excluding steroid dienone is 2. The number of fused-ring (bicyclic) bond motifs is 5. The highest BCUT2D eigenvalue weighted by atomic mass is 16.3. The summed E-state index contributed by atoms with van der Waals surface area (Å²) in [5, 5.41) is 9.80. The molecule has 0 heterocycles. The molecule has 134 valence electrons. The first-order valence-corrected chi connectivity index (χ1v) is 9.77. The number of ketones is 1. The molecule has 25 heavy (non-hydrogen) atoms. The highest BCUT2D eigenvalue weighted by molar-refractivity contribution is 6.02. The van der Waals surface area contributed by atoms with Crippen LogP contribution < -0.4 is 0 Å². The van der Waals surface area contributed by atoms with Gasteiger partial charge >= 0.3 is 0 Å². The molecule has 3 aliphatic rings. The van der Waals surface area contributed by atoms with Crippen molar-refractivity contribution in [3.05, 3.63) is 41.0 Å². The topological polar surface area (TPSA) is 37.3 Å². The Morgan fingerprint density at radius 1 is 1.24 bits per heavy atom. The Bertz CT molecular complexity index is 752. The third-order valence-electron chi connectivity index (χ3n) is 6.96. The van der Waals surface area contributed by atoms with Crippen LogP contribution >= 0.6 is 0 Å². The van der Waals surface area contributed by atoms with Crippen LogP contribution in [0.15, 0.2) is 29.8 Å². The molecule has 1 aromatic rings. The van der Waals surface area contributed by atoms with E-state index < -0.39 is 0 Å². The Balaban J connectivity index is 1.70. The molecule has 0 spiro atoms. The Kier molecular flexibility index (Phi) is 3.69. The molecule has 0 saturated heterocycles. The summed E-state index contributed by atoms with van der Waals surface area (Å²) in [7, 11) is 0. The van der Waals surface area contributed by atoms with Crippen molar-refractivity contribution < 1.29 is 9.90 Å². The number of aryl methyl sites for hydroxylation is 1. The number of aromatic hydroxyl groups is 1. The molecular formula is C23H30O2. The molecule has 0 aromatic heterocycles. The van der Waals surface area contributed by atoms with Crippen molar-refractivity contribution in [3.8, 4) is 5.75 Å². The first-order valence-electron chi connectivity index (χ1n) is 9.77. The molecule has 1 aromatic carbocycles. The minimum Gasteiger partial charge on any atom is -0.508 e.